The smallest absolute Gasteiger partial charge is 0.0775 e. The van der Waals surface area contributed by atoms with E-state index >= 15 is 0 Å². The molecule has 1 aromatic heterocycles. The van der Waals surface area contributed by atoms with Crippen LogP contribution in [0, 0.1) is 13.8 Å². The van der Waals surface area contributed by atoms with Crippen LogP contribution in [0.5, 0.6) is 0 Å². The van der Waals surface area contributed by atoms with Gasteiger partial charge in [-0.1, -0.05) is 24.3 Å². The van der Waals surface area contributed by atoms with Crippen LogP contribution >= 0.6 is 0 Å². The maximum absolute atomic E-state index is 10.3. The van der Waals surface area contributed by atoms with Gasteiger partial charge in [-0.25, -0.2) is 0 Å². The average Bonchev–Trinajstić information content (AvgIpc) is 2.95. The topological polar surface area (TPSA) is 70.3 Å². The van der Waals surface area contributed by atoms with Crippen LogP contribution in [-0.2, 0) is 19.5 Å². The second-order valence-electron chi connectivity index (χ2n) is 5.92. The molecule has 0 aliphatic heterocycles. The number of rotatable bonds is 5. The lowest BCUT2D eigenvalue weighted by Gasteiger charge is -2.18. The molecule has 0 unspecified atom stereocenters. The Morgan fingerprint density at radius 2 is 2.09 bits per heavy atom. The first-order valence-corrected chi connectivity index (χ1v) is 7.74. The minimum Gasteiger partial charge on any atom is -0.394 e. The quantitative estimate of drug-likeness (QED) is 0.777. The second-order valence-corrected chi connectivity index (χ2v) is 5.92. The fourth-order valence-corrected chi connectivity index (χ4v) is 3.33. The number of aliphatic hydroxyl groups is 2. The summed E-state index contributed by atoms with van der Waals surface area (Å²) < 4.78 is 1.84. The minimum absolute atomic E-state index is 0.0313. The van der Waals surface area contributed by atoms with E-state index in [-0.39, 0.29) is 18.8 Å². The summed E-state index contributed by atoms with van der Waals surface area (Å²) in [5, 5.41) is 27.3. The van der Waals surface area contributed by atoms with Gasteiger partial charge in [0, 0.05) is 24.2 Å². The third-order valence-electron chi connectivity index (χ3n) is 4.55. The van der Waals surface area contributed by atoms with Crippen molar-refractivity contribution in [2.45, 2.75) is 45.5 Å². The summed E-state index contributed by atoms with van der Waals surface area (Å²) in [7, 11) is 0. The molecular formula is C17H23N3O2. The molecule has 1 aromatic carbocycles. The number of aliphatic hydroxyl groups excluding tert-OH is 2. The van der Waals surface area contributed by atoms with Crippen molar-refractivity contribution >= 4 is 0 Å². The Bertz CT molecular complexity index is 666. The Hall–Kier alpha value is -1.69. The lowest BCUT2D eigenvalue weighted by atomic mass is 10.1. The van der Waals surface area contributed by atoms with Crippen molar-refractivity contribution < 1.29 is 10.2 Å². The zero-order chi connectivity index (χ0) is 15.7. The highest BCUT2D eigenvalue weighted by Gasteiger charge is 2.30. The number of aryl methyl sites for hydroxylation is 1. The largest absolute Gasteiger partial charge is 0.394 e. The van der Waals surface area contributed by atoms with Crippen LogP contribution in [0.1, 0.15) is 34.1 Å². The lowest BCUT2D eigenvalue weighted by Crippen LogP contribution is -2.28. The van der Waals surface area contributed by atoms with Gasteiger partial charge in [0.25, 0.3) is 0 Å². The van der Waals surface area contributed by atoms with Crippen molar-refractivity contribution in [2.24, 2.45) is 0 Å². The third-order valence-corrected chi connectivity index (χ3v) is 4.55. The normalized spacial score (nSPS) is 20.4. The molecule has 0 saturated carbocycles. The van der Waals surface area contributed by atoms with Gasteiger partial charge in [-0.2, -0.15) is 5.10 Å². The Labute approximate surface area is 130 Å². The Balaban J connectivity index is 1.76. The Kier molecular flexibility index (Phi) is 4.29. The number of hydrogen-bond donors (Lipinski definition) is 3. The summed E-state index contributed by atoms with van der Waals surface area (Å²) in [6, 6.07) is 8.16. The minimum atomic E-state index is -0.384. The fourth-order valence-electron chi connectivity index (χ4n) is 3.33. The first-order chi connectivity index (χ1) is 10.6. The molecule has 2 atom stereocenters. The molecule has 0 fully saturated rings. The van der Waals surface area contributed by atoms with Gasteiger partial charge in [0.05, 0.1) is 31.0 Å². The van der Waals surface area contributed by atoms with E-state index in [1.165, 1.54) is 11.1 Å². The van der Waals surface area contributed by atoms with E-state index < -0.39 is 0 Å². The van der Waals surface area contributed by atoms with Crippen molar-refractivity contribution in [3.63, 3.8) is 0 Å². The second kappa shape index (κ2) is 6.20. The van der Waals surface area contributed by atoms with Gasteiger partial charge < -0.3 is 15.5 Å². The van der Waals surface area contributed by atoms with Gasteiger partial charge in [0.2, 0.25) is 0 Å². The highest BCUT2D eigenvalue weighted by atomic mass is 16.3. The number of hydrogen-bond acceptors (Lipinski definition) is 4. The van der Waals surface area contributed by atoms with Gasteiger partial charge in [-0.05, 0) is 25.0 Å². The molecule has 1 aliphatic rings. The summed E-state index contributed by atoms with van der Waals surface area (Å²) >= 11 is 0. The van der Waals surface area contributed by atoms with Crippen LogP contribution in [0.3, 0.4) is 0 Å². The molecule has 0 bridgehead atoms. The van der Waals surface area contributed by atoms with Crippen molar-refractivity contribution in [1.82, 2.24) is 15.1 Å². The van der Waals surface area contributed by atoms with E-state index in [9.17, 15) is 5.11 Å². The Morgan fingerprint density at radius 3 is 2.86 bits per heavy atom. The monoisotopic (exact) mass is 301 g/mol. The first-order valence-electron chi connectivity index (χ1n) is 7.74. The predicted molar refractivity (Wildman–Crippen MR) is 84.5 cm³/mol. The van der Waals surface area contributed by atoms with Crippen LogP contribution < -0.4 is 5.32 Å². The third kappa shape index (κ3) is 2.67. The summed E-state index contributed by atoms with van der Waals surface area (Å²) in [5.41, 5.74) is 5.59. The average molecular weight is 301 g/mol. The standard InChI is InChI=1S/C17H23N3O2/c1-11-15(12(2)20(19-11)7-8-21)10-18-17-14-6-4-3-5-13(14)9-16(17)22/h3-6,16-18,21-22H,7-10H2,1-2H3/t16-,17+/m0/s1. The van der Waals surface area contributed by atoms with E-state index in [4.69, 9.17) is 5.11 Å². The number of nitrogens with one attached hydrogen (secondary N) is 1. The number of aromatic nitrogens is 2. The highest BCUT2D eigenvalue weighted by molar-refractivity contribution is 5.36. The molecule has 0 spiro atoms. The van der Waals surface area contributed by atoms with Crippen molar-refractivity contribution in [1.29, 1.82) is 0 Å². The zero-order valence-electron chi connectivity index (χ0n) is 13.1. The SMILES string of the molecule is Cc1nn(CCO)c(C)c1CN[C@@H]1c2ccccc2C[C@@H]1O. The summed E-state index contributed by atoms with van der Waals surface area (Å²) in [5.74, 6) is 0. The van der Waals surface area contributed by atoms with E-state index in [1.807, 2.05) is 30.7 Å². The highest BCUT2D eigenvalue weighted by Crippen LogP contribution is 2.31. The van der Waals surface area contributed by atoms with Gasteiger partial charge in [-0.15, -0.1) is 0 Å². The molecule has 0 saturated heterocycles. The number of benzene rings is 1. The molecule has 5 nitrogen and oxygen atoms in total. The molecule has 0 amide bonds. The lowest BCUT2D eigenvalue weighted by molar-refractivity contribution is 0.140. The summed E-state index contributed by atoms with van der Waals surface area (Å²) in [4.78, 5) is 0. The van der Waals surface area contributed by atoms with Crippen molar-refractivity contribution in [2.75, 3.05) is 6.61 Å². The van der Waals surface area contributed by atoms with Crippen LogP contribution in [0.2, 0.25) is 0 Å². The van der Waals surface area contributed by atoms with Crippen molar-refractivity contribution in [3.8, 4) is 0 Å². The molecule has 0 radical (unpaired) electrons. The van der Waals surface area contributed by atoms with Crippen LogP contribution in [0.15, 0.2) is 24.3 Å². The van der Waals surface area contributed by atoms with Crippen LogP contribution in [0.4, 0.5) is 0 Å². The van der Waals surface area contributed by atoms with Gasteiger partial charge >= 0.3 is 0 Å². The molecule has 1 heterocycles. The molecule has 3 N–H and O–H groups in total. The molecular weight excluding hydrogens is 278 g/mol. The van der Waals surface area contributed by atoms with Gasteiger partial charge in [0.15, 0.2) is 0 Å². The zero-order valence-corrected chi connectivity index (χ0v) is 13.1. The first kappa shape index (κ1) is 15.2. The Morgan fingerprint density at radius 1 is 1.32 bits per heavy atom. The van der Waals surface area contributed by atoms with E-state index in [1.54, 1.807) is 0 Å². The summed E-state index contributed by atoms with van der Waals surface area (Å²) in [6.45, 7) is 5.27. The van der Waals surface area contributed by atoms with Crippen LogP contribution in [-0.4, -0.2) is 32.7 Å². The molecule has 3 rings (SSSR count). The molecule has 22 heavy (non-hydrogen) atoms. The van der Waals surface area contributed by atoms with Crippen LogP contribution in [0.25, 0.3) is 0 Å². The van der Waals surface area contributed by atoms with E-state index in [0.717, 1.165) is 17.0 Å². The van der Waals surface area contributed by atoms with E-state index in [0.29, 0.717) is 19.5 Å². The fraction of sp³-hybridized carbons (Fsp3) is 0.471. The maximum Gasteiger partial charge on any atom is 0.0775 e. The molecule has 1 aliphatic carbocycles. The molecule has 2 aromatic rings. The summed E-state index contributed by atoms with van der Waals surface area (Å²) in [6.07, 6.45) is 0.320. The predicted octanol–water partition coefficient (Wildman–Crippen LogP) is 1.24. The number of nitrogens with zero attached hydrogens (tertiary/aromatic N) is 2. The molecule has 118 valence electrons. The van der Waals surface area contributed by atoms with Gasteiger partial charge in [-0.3, -0.25) is 4.68 Å². The molecule has 5 heteroatoms. The number of fused-ring (bicyclic) bond motifs is 1. The maximum atomic E-state index is 10.3. The van der Waals surface area contributed by atoms with E-state index in [2.05, 4.69) is 22.5 Å². The van der Waals surface area contributed by atoms with Crippen molar-refractivity contribution in [3.05, 3.63) is 52.3 Å². The van der Waals surface area contributed by atoms with Gasteiger partial charge in [0.1, 0.15) is 0 Å².